The highest BCUT2D eigenvalue weighted by atomic mass is 127. The van der Waals surface area contributed by atoms with E-state index in [0.717, 1.165) is 0 Å². The fraction of sp³-hybridized carbons (Fsp3) is 0.182. The van der Waals surface area contributed by atoms with Crippen LogP contribution in [0.4, 0.5) is 0 Å². The molecule has 0 N–H and O–H groups in total. The number of benzene rings is 1. The lowest BCUT2D eigenvalue weighted by molar-refractivity contribution is -0.603. The molecule has 0 saturated carbocycles. The molecule has 0 saturated heterocycles. The van der Waals surface area contributed by atoms with Crippen molar-refractivity contribution < 1.29 is 28.5 Å². The van der Waals surface area contributed by atoms with Crippen molar-refractivity contribution in [2.75, 3.05) is 0 Å². The summed E-state index contributed by atoms with van der Waals surface area (Å²) >= 11 is 1.79. The molecule has 0 atom stereocenters. The minimum atomic E-state index is 0. The van der Waals surface area contributed by atoms with Gasteiger partial charge in [-0.05, 0) is 0 Å². The Labute approximate surface area is 105 Å². The number of aryl methyl sites for hydroxylation is 2. The van der Waals surface area contributed by atoms with E-state index in [0.29, 0.717) is 0 Å². The fourth-order valence-corrected chi connectivity index (χ4v) is 2.29. The van der Waals surface area contributed by atoms with Crippen molar-refractivity contribution in [2.45, 2.75) is 13.8 Å². The highest BCUT2D eigenvalue weighted by Gasteiger charge is 2.14. The van der Waals surface area contributed by atoms with E-state index in [1.807, 2.05) is 6.07 Å². The molecule has 3 heteroatoms. The molecule has 1 aromatic heterocycles. The molecule has 0 unspecified atom stereocenters. The molecule has 0 amide bonds. The van der Waals surface area contributed by atoms with Crippen LogP contribution in [0.5, 0.6) is 0 Å². The van der Waals surface area contributed by atoms with Crippen molar-refractivity contribution in [3.63, 3.8) is 0 Å². The third kappa shape index (κ3) is 2.15. The molecule has 14 heavy (non-hydrogen) atoms. The van der Waals surface area contributed by atoms with Gasteiger partial charge in [0.25, 0.3) is 0 Å². The molecule has 1 nitrogen and oxygen atoms in total. The van der Waals surface area contributed by atoms with Gasteiger partial charge in [0.2, 0.25) is 10.7 Å². The van der Waals surface area contributed by atoms with Crippen LogP contribution in [0.25, 0.3) is 5.69 Å². The molecule has 74 valence electrons. The van der Waals surface area contributed by atoms with Crippen LogP contribution in [0.15, 0.2) is 35.7 Å². The topological polar surface area (TPSA) is 3.88 Å². The molecule has 0 bridgehead atoms. The molecule has 0 aliphatic heterocycles. The number of hydrogen-bond donors (Lipinski definition) is 0. The smallest absolute Gasteiger partial charge is 0.240 e. The van der Waals surface area contributed by atoms with Crippen molar-refractivity contribution >= 4 is 11.3 Å². The van der Waals surface area contributed by atoms with E-state index >= 15 is 0 Å². The molecular formula is C11H12INS. The highest BCUT2D eigenvalue weighted by molar-refractivity contribution is 7.09. The van der Waals surface area contributed by atoms with Crippen LogP contribution in [0, 0.1) is 13.8 Å². The Kier molecular flexibility index (Phi) is 4.07. The number of nitrogens with zero attached hydrogens (tertiary/aromatic N) is 1. The summed E-state index contributed by atoms with van der Waals surface area (Å²) in [6.45, 7) is 4.28. The van der Waals surface area contributed by atoms with Crippen LogP contribution in [0.3, 0.4) is 0 Å². The van der Waals surface area contributed by atoms with Gasteiger partial charge in [0.1, 0.15) is 0 Å². The van der Waals surface area contributed by atoms with Gasteiger partial charge in [0.15, 0.2) is 5.69 Å². The molecule has 0 fully saturated rings. The summed E-state index contributed by atoms with van der Waals surface area (Å²) in [6, 6.07) is 10.4. The first-order chi connectivity index (χ1) is 6.29. The minimum absolute atomic E-state index is 0. The van der Waals surface area contributed by atoms with E-state index in [1.54, 1.807) is 11.3 Å². The number of thiazole rings is 1. The summed E-state index contributed by atoms with van der Waals surface area (Å²) in [6.07, 6.45) is 0. The Bertz CT molecular complexity index is 389. The number of hydrogen-bond acceptors (Lipinski definition) is 1. The van der Waals surface area contributed by atoms with Crippen molar-refractivity contribution in [1.29, 1.82) is 0 Å². The third-order valence-corrected chi connectivity index (χ3v) is 3.06. The van der Waals surface area contributed by atoms with Crippen LogP contribution < -0.4 is 28.5 Å². The lowest BCUT2D eigenvalue weighted by Crippen LogP contribution is -3.00. The van der Waals surface area contributed by atoms with Gasteiger partial charge >= 0.3 is 0 Å². The minimum Gasteiger partial charge on any atom is -1.00 e. The van der Waals surface area contributed by atoms with Crippen molar-refractivity contribution in [3.05, 3.63) is 46.4 Å². The van der Waals surface area contributed by atoms with Gasteiger partial charge in [-0.3, -0.25) is 0 Å². The molecule has 0 aliphatic rings. The zero-order valence-electron chi connectivity index (χ0n) is 8.20. The Morgan fingerprint density at radius 2 is 1.71 bits per heavy atom. The first-order valence-corrected chi connectivity index (χ1v) is 5.19. The lowest BCUT2D eigenvalue weighted by Gasteiger charge is -1.94. The zero-order chi connectivity index (χ0) is 9.26. The predicted molar refractivity (Wildman–Crippen MR) is 55.3 cm³/mol. The lowest BCUT2D eigenvalue weighted by atomic mass is 10.3. The first-order valence-electron chi connectivity index (χ1n) is 4.31. The standard InChI is InChI=1S/C11H12NS.HI/c1-9-8-13-10(2)12(9)11-6-4-3-5-7-11;/h3-8H,1-2H3;1H/q+1;/p-1. The van der Waals surface area contributed by atoms with Gasteiger partial charge in [-0.2, -0.15) is 4.57 Å². The van der Waals surface area contributed by atoms with Gasteiger partial charge in [-0.1, -0.05) is 29.5 Å². The molecule has 1 aromatic carbocycles. The van der Waals surface area contributed by atoms with Crippen LogP contribution in [-0.2, 0) is 0 Å². The van der Waals surface area contributed by atoms with Crippen LogP contribution in [0.2, 0.25) is 0 Å². The van der Waals surface area contributed by atoms with E-state index in [9.17, 15) is 0 Å². The average molecular weight is 317 g/mol. The Morgan fingerprint density at radius 3 is 2.21 bits per heavy atom. The molecule has 1 heterocycles. The summed E-state index contributed by atoms with van der Waals surface area (Å²) in [5, 5.41) is 3.51. The normalized spacial score (nSPS) is 9.57. The maximum Gasteiger partial charge on any atom is 0.240 e. The predicted octanol–water partition coefficient (Wildman–Crippen LogP) is -0.354. The third-order valence-electron chi connectivity index (χ3n) is 2.08. The first kappa shape index (κ1) is 11.7. The molecule has 0 aliphatic carbocycles. The van der Waals surface area contributed by atoms with Gasteiger partial charge in [0, 0.05) is 26.0 Å². The summed E-state index contributed by atoms with van der Waals surface area (Å²) < 4.78 is 2.27. The van der Waals surface area contributed by atoms with Crippen molar-refractivity contribution in [1.82, 2.24) is 0 Å². The van der Waals surface area contributed by atoms with Gasteiger partial charge in [0.05, 0.1) is 5.38 Å². The van der Waals surface area contributed by atoms with E-state index in [2.05, 4.69) is 48.1 Å². The molecule has 2 aromatic rings. The second-order valence-electron chi connectivity index (χ2n) is 3.07. The molecule has 2 rings (SSSR count). The second kappa shape index (κ2) is 4.89. The van der Waals surface area contributed by atoms with Crippen molar-refractivity contribution in [3.8, 4) is 5.69 Å². The summed E-state index contributed by atoms with van der Waals surface area (Å²) in [4.78, 5) is 0. The monoisotopic (exact) mass is 317 g/mol. The quantitative estimate of drug-likeness (QED) is 0.500. The molecule has 0 radical (unpaired) electrons. The summed E-state index contributed by atoms with van der Waals surface area (Å²) in [5.74, 6) is 0. The average Bonchev–Trinajstić information content (AvgIpc) is 2.48. The largest absolute Gasteiger partial charge is 1.00 e. The Morgan fingerprint density at radius 1 is 1.07 bits per heavy atom. The van der Waals surface area contributed by atoms with E-state index in [-0.39, 0.29) is 24.0 Å². The molecule has 0 spiro atoms. The van der Waals surface area contributed by atoms with Gasteiger partial charge in [-0.25, -0.2) is 0 Å². The Hall–Kier alpha value is -0.420. The molecular weight excluding hydrogens is 305 g/mol. The summed E-state index contributed by atoms with van der Waals surface area (Å²) in [7, 11) is 0. The van der Waals surface area contributed by atoms with E-state index in [1.165, 1.54) is 16.4 Å². The van der Waals surface area contributed by atoms with Crippen molar-refractivity contribution in [2.24, 2.45) is 0 Å². The number of halogens is 1. The maximum atomic E-state index is 2.27. The highest BCUT2D eigenvalue weighted by Crippen LogP contribution is 2.09. The van der Waals surface area contributed by atoms with Crippen LogP contribution >= 0.6 is 11.3 Å². The fourth-order valence-electron chi connectivity index (χ4n) is 1.49. The van der Waals surface area contributed by atoms with Crippen LogP contribution in [0.1, 0.15) is 10.7 Å². The van der Waals surface area contributed by atoms with E-state index < -0.39 is 0 Å². The Balaban J connectivity index is 0.000000980. The van der Waals surface area contributed by atoms with Crippen LogP contribution in [-0.4, -0.2) is 0 Å². The number of aromatic nitrogens is 1. The van der Waals surface area contributed by atoms with Gasteiger partial charge < -0.3 is 24.0 Å². The SMILES string of the molecule is Cc1csc(C)[n+]1-c1ccccc1.[I-]. The zero-order valence-corrected chi connectivity index (χ0v) is 11.2. The van der Waals surface area contributed by atoms with Gasteiger partial charge in [-0.15, -0.1) is 0 Å². The van der Waals surface area contributed by atoms with E-state index in [4.69, 9.17) is 0 Å². The maximum absolute atomic E-state index is 2.27. The number of para-hydroxylation sites is 1. The summed E-state index contributed by atoms with van der Waals surface area (Å²) in [5.41, 5.74) is 2.55. The number of rotatable bonds is 1. The second-order valence-corrected chi connectivity index (χ2v) is 4.13.